The van der Waals surface area contributed by atoms with Crippen LogP contribution in [0.15, 0.2) is 71.8 Å². The molecule has 0 heterocycles. The lowest BCUT2D eigenvalue weighted by Crippen LogP contribution is -2.32. The van der Waals surface area contributed by atoms with Gasteiger partial charge >= 0.3 is 11.8 Å². The minimum atomic E-state index is -0.869. The molecule has 0 saturated heterocycles. The number of nitrogens with one attached hydrogen (secondary N) is 2. The molecule has 3 aromatic rings. The molecule has 2 N–H and O–H groups in total. The van der Waals surface area contributed by atoms with E-state index in [-0.39, 0.29) is 6.61 Å². The van der Waals surface area contributed by atoms with Crippen molar-refractivity contribution >= 4 is 35.3 Å². The van der Waals surface area contributed by atoms with E-state index in [1.165, 1.54) is 6.21 Å². The van der Waals surface area contributed by atoms with E-state index in [1.807, 2.05) is 56.3 Å². The van der Waals surface area contributed by atoms with E-state index in [4.69, 9.17) is 16.3 Å². The summed E-state index contributed by atoms with van der Waals surface area (Å²) in [7, 11) is 0. The average molecular weight is 436 g/mol. The highest BCUT2D eigenvalue weighted by molar-refractivity contribution is 6.39. The molecule has 158 valence electrons. The number of rotatable bonds is 6. The number of hydrogen-bond donors (Lipinski definition) is 2. The molecule has 6 nitrogen and oxygen atoms in total. The number of hydrogen-bond acceptors (Lipinski definition) is 4. The van der Waals surface area contributed by atoms with Crippen molar-refractivity contribution in [1.82, 2.24) is 5.43 Å². The van der Waals surface area contributed by atoms with Gasteiger partial charge in [-0.2, -0.15) is 5.10 Å². The molecule has 0 bridgehead atoms. The van der Waals surface area contributed by atoms with E-state index in [9.17, 15) is 9.59 Å². The Morgan fingerprint density at radius 1 is 0.968 bits per heavy atom. The number of benzene rings is 3. The van der Waals surface area contributed by atoms with E-state index in [1.54, 1.807) is 24.3 Å². The molecule has 0 spiro atoms. The molecule has 0 radical (unpaired) electrons. The number of nitrogens with zero attached hydrogens (tertiary/aromatic N) is 1. The molecule has 0 aliphatic carbocycles. The second-order valence-corrected chi connectivity index (χ2v) is 7.23. The van der Waals surface area contributed by atoms with Crippen molar-refractivity contribution in [3.8, 4) is 5.75 Å². The van der Waals surface area contributed by atoms with E-state index in [0.717, 1.165) is 16.7 Å². The van der Waals surface area contributed by atoms with Crippen LogP contribution >= 0.6 is 11.6 Å². The molecule has 0 atom stereocenters. The maximum absolute atomic E-state index is 12.1. The average Bonchev–Trinajstić information content (AvgIpc) is 2.77. The zero-order valence-electron chi connectivity index (χ0n) is 17.2. The van der Waals surface area contributed by atoms with Crippen LogP contribution in [0.1, 0.15) is 22.3 Å². The lowest BCUT2D eigenvalue weighted by molar-refractivity contribution is -0.136. The van der Waals surface area contributed by atoms with Gasteiger partial charge in [0.15, 0.2) is 0 Å². The molecule has 0 aromatic heterocycles. The fourth-order valence-electron chi connectivity index (χ4n) is 2.77. The standard InChI is InChI=1S/C24H22ClN3O3/c1-16-8-7-12-21(17(16)2)27-23(29)24(30)28-26-14-18-9-4-6-13-22(18)31-15-19-10-3-5-11-20(19)25/h3-14H,15H2,1-2H3,(H,27,29)(H,28,30)/b26-14-. The Morgan fingerprint density at radius 3 is 2.52 bits per heavy atom. The summed E-state index contributed by atoms with van der Waals surface area (Å²) >= 11 is 6.16. The number of ether oxygens (including phenoxy) is 1. The van der Waals surface area contributed by atoms with Crippen molar-refractivity contribution in [1.29, 1.82) is 0 Å². The number of amides is 2. The molecule has 31 heavy (non-hydrogen) atoms. The van der Waals surface area contributed by atoms with Gasteiger partial charge in [0.2, 0.25) is 0 Å². The van der Waals surface area contributed by atoms with Crippen LogP contribution in [-0.2, 0) is 16.2 Å². The van der Waals surface area contributed by atoms with E-state index in [2.05, 4.69) is 15.8 Å². The van der Waals surface area contributed by atoms with Gasteiger partial charge < -0.3 is 10.1 Å². The fourth-order valence-corrected chi connectivity index (χ4v) is 2.96. The number of carbonyl (C=O) groups is 2. The summed E-state index contributed by atoms with van der Waals surface area (Å²) in [6, 6.07) is 20.1. The van der Waals surface area contributed by atoms with Crippen molar-refractivity contribution < 1.29 is 14.3 Å². The number of aryl methyl sites for hydroxylation is 1. The third kappa shape index (κ3) is 5.93. The minimum absolute atomic E-state index is 0.287. The quantitative estimate of drug-likeness (QED) is 0.336. The van der Waals surface area contributed by atoms with Gasteiger partial charge in [-0.3, -0.25) is 9.59 Å². The van der Waals surface area contributed by atoms with Crippen molar-refractivity contribution in [2.45, 2.75) is 20.5 Å². The molecule has 3 rings (SSSR count). The Bertz CT molecular complexity index is 1130. The maximum atomic E-state index is 12.1. The van der Waals surface area contributed by atoms with Crippen LogP contribution in [0.3, 0.4) is 0 Å². The lowest BCUT2D eigenvalue weighted by Gasteiger charge is -2.10. The summed E-state index contributed by atoms with van der Waals surface area (Å²) in [6.07, 6.45) is 1.42. The minimum Gasteiger partial charge on any atom is -0.488 e. The SMILES string of the molecule is Cc1cccc(NC(=O)C(=O)N/N=C\c2ccccc2OCc2ccccc2Cl)c1C. The predicted octanol–water partition coefficient (Wildman–Crippen LogP) is 4.62. The second-order valence-electron chi connectivity index (χ2n) is 6.82. The summed E-state index contributed by atoms with van der Waals surface area (Å²) in [4.78, 5) is 24.2. The molecular formula is C24H22ClN3O3. The molecule has 3 aromatic carbocycles. The topological polar surface area (TPSA) is 79.8 Å². The number of carbonyl (C=O) groups excluding carboxylic acids is 2. The predicted molar refractivity (Wildman–Crippen MR) is 123 cm³/mol. The maximum Gasteiger partial charge on any atom is 0.329 e. The van der Waals surface area contributed by atoms with Gasteiger partial charge in [-0.1, -0.05) is 54.1 Å². The Kier molecular flexibility index (Phi) is 7.40. The van der Waals surface area contributed by atoms with Gasteiger partial charge in [0.05, 0.1) is 6.21 Å². The summed E-state index contributed by atoms with van der Waals surface area (Å²) in [5.41, 5.74) is 6.24. The molecule has 0 aliphatic heterocycles. The third-order valence-corrected chi connectivity index (χ3v) is 5.06. The Hall–Kier alpha value is -3.64. The molecule has 0 saturated carbocycles. The summed E-state index contributed by atoms with van der Waals surface area (Å²) < 4.78 is 5.84. The smallest absolute Gasteiger partial charge is 0.329 e. The molecule has 7 heteroatoms. The van der Waals surface area contributed by atoms with Crippen LogP contribution < -0.4 is 15.5 Å². The summed E-state index contributed by atoms with van der Waals surface area (Å²) in [6.45, 7) is 4.09. The zero-order valence-corrected chi connectivity index (χ0v) is 17.9. The normalized spacial score (nSPS) is 10.7. The first kappa shape index (κ1) is 22.1. The fraction of sp³-hybridized carbons (Fsp3) is 0.125. The second kappa shape index (κ2) is 10.4. The van der Waals surface area contributed by atoms with E-state index in [0.29, 0.717) is 22.0 Å². The van der Waals surface area contributed by atoms with Gasteiger partial charge in [0, 0.05) is 21.8 Å². The van der Waals surface area contributed by atoms with E-state index >= 15 is 0 Å². The van der Waals surface area contributed by atoms with Gasteiger partial charge in [0.25, 0.3) is 0 Å². The Labute approximate surface area is 185 Å². The summed E-state index contributed by atoms with van der Waals surface area (Å²) in [5, 5.41) is 7.10. The first-order valence-electron chi connectivity index (χ1n) is 9.61. The van der Waals surface area contributed by atoms with Gasteiger partial charge in [-0.25, -0.2) is 5.43 Å². The lowest BCUT2D eigenvalue weighted by atomic mass is 10.1. The summed E-state index contributed by atoms with van der Waals surface area (Å²) in [5.74, 6) is -1.10. The van der Waals surface area contributed by atoms with Gasteiger partial charge in [-0.15, -0.1) is 0 Å². The first-order chi connectivity index (χ1) is 15.0. The number of halogens is 1. The van der Waals surface area contributed by atoms with Crippen molar-refractivity contribution in [2.24, 2.45) is 5.10 Å². The Morgan fingerprint density at radius 2 is 1.71 bits per heavy atom. The number of anilines is 1. The highest BCUT2D eigenvalue weighted by Gasteiger charge is 2.14. The first-order valence-corrected chi connectivity index (χ1v) is 9.99. The number of para-hydroxylation sites is 1. The van der Waals surface area contributed by atoms with Crippen molar-refractivity contribution in [3.63, 3.8) is 0 Å². The van der Waals surface area contributed by atoms with Gasteiger partial charge in [-0.05, 0) is 49.2 Å². The van der Waals surface area contributed by atoms with E-state index < -0.39 is 11.8 Å². The van der Waals surface area contributed by atoms with Crippen molar-refractivity contribution in [3.05, 3.63) is 94.0 Å². The van der Waals surface area contributed by atoms with Crippen LogP contribution in [0.25, 0.3) is 0 Å². The highest BCUT2D eigenvalue weighted by atomic mass is 35.5. The molecule has 0 fully saturated rings. The largest absolute Gasteiger partial charge is 0.488 e. The van der Waals surface area contributed by atoms with Gasteiger partial charge in [0.1, 0.15) is 12.4 Å². The Balaban J connectivity index is 1.60. The van der Waals surface area contributed by atoms with Crippen LogP contribution in [-0.4, -0.2) is 18.0 Å². The molecule has 0 unspecified atom stereocenters. The monoisotopic (exact) mass is 435 g/mol. The highest BCUT2D eigenvalue weighted by Crippen LogP contribution is 2.21. The molecule has 2 amide bonds. The zero-order chi connectivity index (χ0) is 22.2. The molecular weight excluding hydrogens is 414 g/mol. The van der Waals surface area contributed by atoms with Crippen LogP contribution in [0.2, 0.25) is 5.02 Å². The van der Waals surface area contributed by atoms with Crippen molar-refractivity contribution in [2.75, 3.05) is 5.32 Å². The third-order valence-electron chi connectivity index (χ3n) is 4.69. The van der Waals surface area contributed by atoms with Crippen LogP contribution in [0, 0.1) is 13.8 Å². The number of hydrazone groups is 1. The molecule has 0 aliphatic rings. The van der Waals surface area contributed by atoms with Crippen LogP contribution in [0.5, 0.6) is 5.75 Å². The van der Waals surface area contributed by atoms with Crippen LogP contribution in [0.4, 0.5) is 5.69 Å².